The van der Waals surface area contributed by atoms with Crippen LogP contribution in [0.5, 0.6) is 0 Å². The van der Waals surface area contributed by atoms with Crippen molar-refractivity contribution in [3.63, 3.8) is 0 Å². The number of nitrogens with zero attached hydrogens (tertiary/aromatic N) is 2. The number of imidazole rings is 1. The summed E-state index contributed by atoms with van der Waals surface area (Å²) >= 11 is 6.21. The van der Waals surface area contributed by atoms with Crippen LogP contribution < -0.4 is 0 Å². The molecule has 1 aromatic carbocycles. The molecule has 0 amide bonds. The van der Waals surface area contributed by atoms with E-state index in [0.717, 1.165) is 18.5 Å². The molecule has 19 heavy (non-hydrogen) atoms. The van der Waals surface area contributed by atoms with Crippen molar-refractivity contribution in [3.8, 4) is 0 Å². The van der Waals surface area contributed by atoms with Crippen LogP contribution in [0.25, 0.3) is 11.0 Å². The SMILES string of the molecule is CC(Cl)c1nc2c(F)cccc2n1C1CCOC1C. The number of halogens is 2. The van der Waals surface area contributed by atoms with Gasteiger partial charge in [-0.1, -0.05) is 6.07 Å². The molecule has 3 nitrogen and oxygen atoms in total. The van der Waals surface area contributed by atoms with Crippen LogP contribution in [-0.2, 0) is 4.74 Å². The summed E-state index contributed by atoms with van der Waals surface area (Å²) in [6.07, 6.45) is 0.995. The van der Waals surface area contributed by atoms with Crippen LogP contribution in [-0.4, -0.2) is 22.3 Å². The van der Waals surface area contributed by atoms with Crippen LogP contribution in [0.2, 0.25) is 0 Å². The number of alkyl halides is 1. The second-order valence-electron chi connectivity index (χ2n) is 5.00. The third-order valence-corrected chi connectivity index (χ3v) is 3.92. The van der Waals surface area contributed by atoms with Crippen LogP contribution in [0, 0.1) is 5.82 Å². The first kappa shape index (κ1) is 12.9. The number of fused-ring (bicyclic) bond motifs is 1. The number of hydrogen-bond donors (Lipinski definition) is 0. The second kappa shape index (κ2) is 4.76. The van der Waals surface area contributed by atoms with Gasteiger partial charge in [-0.2, -0.15) is 0 Å². The molecule has 1 aliphatic heterocycles. The van der Waals surface area contributed by atoms with Gasteiger partial charge in [0.05, 0.1) is 23.0 Å². The zero-order valence-corrected chi connectivity index (χ0v) is 11.7. The average Bonchev–Trinajstić information content (AvgIpc) is 2.93. The van der Waals surface area contributed by atoms with Crippen LogP contribution >= 0.6 is 11.6 Å². The van der Waals surface area contributed by atoms with Crippen LogP contribution in [0.4, 0.5) is 4.39 Å². The summed E-state index contributed by atoms with van der Waals surface area (Å²) in [7, 11) is 0. The number of para-hydroxylation sites is 1. The van der Waals surface area contributed by atoms with E-state index in [1.807, 2.05) is 24.5 Å². The average molecular weight is 283 g/mol. The molecule has 1 aliphatic rings. The Morgan fingerprint density at radius 1 is 1.53 bits per heavy atom. The number of aromatic nitrogens is 2. The lowest BCUT2D eigenvalue weighted by Gasteiger charge is -2.20. The molecule has 0 bridgehead atoms. The summed E-state index contributed by atoms with van der Waals surface area (Å²) in [4.78, 5) is 4.39. The van der Waals surface area contributed by atoms with Gasteiger partial charge in [0.1, 0.15) is 11.3 Å². The van der Waals surface area contributed by atoms with Crippen molar-refractivity contribution >= 4 is 22.6 Å². The third kappa shape index (κ3) is 2.03. The first-order valence-corrected chi connectivity index (χ1v) is 6.95. The largest absolute Gasteiger partial charge is 0.376 e. The van der Waals surface area contributed by atoms with Gasteiger partial charge in [-0.15, -0.1) is 11.6 Å². The van der Waals surface area contributed by atoms with Crippen molar-refractivity contribution in [3.05, 3.63) is 29.8 Å². The van der Waals surface area contributed by atoms with Crippen LogP contribution in [0.3, 0.4) is 0 Å². The molecule has 3 atom stereocenters. The molecule has 0 radical (unpaired) electrons. The molecule has 3 unspecified atom stereocenters. The fourth-order valence-corrected chi connectivity index (χ4v) is 2.94. The maximum atomic E-state index is 13.9. The van der Waals surface area contributed by atoms with E-state index in [1.54, 1.807) is 6.07 Å². The second-order valence-corrected chi connectivity index (χ2v) is 5.65. The zero-order valence-electron chi connectivity index (χ0n) is 10.9. The standard InChI is InChI=1S/C14H16ClFN2O/c1-8(15)14-17-13-10(16)4-3-5-12(13)18(14)11-6-7-19-9(11)2/h3-5,8-9,11H,6-7H2,1-2H3. The van der Waals surface area contributed by atoms with Gasteiger partial charge in [-0.25, -0.2) is 9.37 Å². The van der Waals surface area contributed by atoms with E-state index in [2.05, 4.69) is 4.98 Å². The normalized spacial score (nSPS) is 25.1. The Morgan fingerprint density at radius 3 is 2.95 bits per heavy atom. The minimum atomic E-state index is -0.304. The number of benzene rings is 1. The summed E-state index contributed by atoms with van der Waals surface area (Å²) in [6, 6.07) is 5.19. The van der Waals surface area contributed by atoms with Crippen molar-refractivity contribution in [1.82, 2.24) is 9.55 Å². The third-order valence-electron chi connectivity index (χ3n) is 3.72. The van der Waals surface area contributed by atoms with Gasteiger partial charge < -0.3 is 9.30 Å². The molecule has 5 heteroatoms. The van der Waals surface area contributed by atoms with E-state index in [9.17, 15) is 4.39 Å². The van der Waals surface area contributed by atoms with Gasteiger partial charge in [0.2, 0.25) is 0 Å². The predicted octanol–water partition coefficient (Wildman–Crippen LogP) is 3.83. The summed E-state index contributed by atoms with van der Waals surface area (Å²) in [5.41, 5.74) is 1.19. The van der Waals surface area contributed by atoms with Crippen molar-refractivity contribution in [2.24, 2.45) is 0 Å². The molecule has 2 aromatic rings. The molecule has 0 saturated carbocycles. The lowest BCUT2D eigenvalue weighted by Crippen LogP contribution is -2.19. The van der Waals surface area contributed by atoms with Crippen LogP contribution in [0.1, 0.15) is 37.5 Å². The highest BCUT2D eigenvalue weighted by molar-refractivity contribution is 6.20. The van der Waals surface area contributed by atoms with Crippen LogP contribution in [0.15, 0.2) is 18.2 Å². The van der Waals surface area contributed by atoms with E-state index in [1.165, 1.54) is 6.07 Å². The van der Waals surface area contributed by atoms with Crippen molar-refractivity contribution in [1.29, 1.82) is 0 Å². The summed E-state index contributed by atoms with van der Waals surface area (Å²) in [6.45, 7) is 4.61. The van der Waals surface area contributed by atoms with Gasteiger partial charge in [-0.3, -0.25) is 0 Å². The highest BCUT2D eigenvalue weighted by atomic mass is 35.5. The summed E-state index contributed by atoms with van der Waals surface area (Å²) < 4.78 is 21.5. The van der Waals surface area contributed by atoms with Crippen molar-refractivity contribution in [2.45, 2.75) is 37.8 Å². The highest BCUT2D eigenvalue weighted by Gasteiger charge is 2.30. The molecule has 1 aromatic heterocycles. The minimum absolute atomic E-state index is 0.0924. The van der Waals surface area contributed by atoms with E-state index >= 15 is 0 Å². The lowest BCUT2D eigenvalue weighted by molar-refractivity contribution is 0.108. The Hall–Kier alpha value is -1.13. The molecule has 0 N–H and O–H groups in total. The fraction of sp³-hybridized carbons (Fsp3) is 0.500. The topological polar surface area (TPSA) is 27.1 Å². The molecule has 0 spiro atoms. The van der Waals surface area contributed by atoms with Gasteiger partial charge in [0.15, 0.2) is 5.82 Å². The predicted molar refractivity (Wildman–Crippen MR) is 73.0 cm³/mol. The molecular formula is C14H16ClFN2O. The van der Waals surface area contributed by atoms with E-state index in [4.69, 9.17) is 16.3 Å². The minimum Gasteiger partial charge on any atom is -0.376 e. The molecule has 2 heterocycles. The molecule has 102 valence electrons. The Labute approximate surface area is 116 Å². The number of ether oxygens (including phenoxy) is 1. The first-order valence-electron chi connectivity index (χ1n) is 6.51. The van der Waals surface area contributed by atoms with Crippen molar-refractivity contribution < 1.29 is 9.13 Å². The van der Waals surface area contributed by atoms with E-state index in [0.29, 0.717) is 11.3 Å². The Morgan fingerprint density at radius 2 is 2.32 bits per heavy atom. The summed E-state index contributed by atoms with van der Waals surface area (Å²) in [5.74, 6) is 0.408. The smallest absolute Gasteiger partial charge is 0.151 e. The van der Waals surface area contributed by atoms with Gasteiger partial charge >= 0.3 is 0 Å². The zero-order chi connectivity index (χ0) is 13.6. The first-order chi connectivity index (χ1) is 9.09. The molecule has 3 rings (SSSR count). The molecular weight excluding hydrogens is 267 g/mol. The number of hydrogen-bond acceptors (Lipinski definition) is 2. The fourth-order valence-electron chi connectivity index (χ4n) is 2.79. The Balaban J connectivity index is 2.25. The van der Waals surface area contributed by atoms with Gasteiger partial charge in [-0.05, 0) is 32.4 Å². The molecule has 0 aliphatic carbocycles. The lowest BCUT2D eigenvalue weighted by atomic mass is 10.1. The molecule has 1 saturated heterocycles. The molecule has 1 fully saturated rings. The van der Waals surface area contributed by atoms with E-state index < -0.39 is 0 Å². The maximum Gasteiger partial charge on any atom is 0.151 e. The quantitative estimate of drug-likeness (QED) is 0.783. The maximum absolute atomic E-state index is 13.9. The van der Waals surface area contributed by atoms with E-state index in [-0.39, 0.29) is 23.3 Å². The Bertz CT molecular complexity index is 611. The highest BCUT2D eigenvalue weighted by Crippen LogP contribution is 2.35. The van der Waals surface area contributed by atoms with Crippen molar-refractivity contribution in [2.75, 3.05) is 6.61 Å². The summed E-state index contributed by atoms with van der Waals surface area (Å²) in [5, 5.41) is -0.264. The monoisotopic (exact) mass is 282 g/mol. The van der Waals surface area contributed by atoms with Gasteiger partial charge in [0.25, 0.3) is 0 Å². The van der Waals surface area contributed by atoms with Gasteiger partial charge in [0, 0.05) is 6.61 Å². The Kier molecular flexibility index (Phi) is 3.23. The number of rotatable bonds is 2.